The lowest BCUT2D eigenvalue weighted by Crippen LogP contribution is -2.23. The van der Waals surface area contributed by atoms with Gasteiger partial charge in [-0.25, -0.2) is 14.4 Å². The molecular formula is C16H13FN4O2. The Morgan fingerprint density at radius 2 is 2.00 bits per heavy atom. The lowest BCUT2D eigenvalue weighted by molar-refractivity contribution is 0.0942. The van der Waals surface area contributed by atoms with Gasteiger partial charge in [0.2, 0.25) is 0 Å². The van der Waals surface area contributed by atoms with Crippen molar-refractivity contribution >= 4 is 17.4 Å². The van der Waals surface area contributed by atoms with Gasteiger partial charge in [0, 0.05) is 0 Å². The lowest BCUT2D eigenvalue weighted by atomic mass is 10.3. The first-order valence-corrected chi connectivity index (χ1v) is 6.86. The van der Waals surface area contributed by atoms with Gasteiger partial charge in [-0.05, 0) is 24.3 Å². The highest BCUT2D eigenvalue weighted by molar-refractivity contribution is 5.91. The van der Waals surface area contributed by atoms with Crippen LogP contribution in [0.3, 0.4) is 0 Å². The number of hydrogen-bond donors (Lipinski definition) is 2. The second-order valence-corrected chi connectivity index (χ2v) is 4.65. The third kappa shape index (κ3) is 3.70. The van der Waals surface area contributed by atoms with Crippen molar-refractivity contribution in [2.75, 3.05) is 5.32 Å². The zero-order valence-corrected chi connectivity index (χ0v) is 12.0. The van der Waals surface area contributed by atoms with E-state index in [1.54, 1.807) is 30.3 Å². The Kier molecular flexibility index (Phi) is 4.28. The molecule has 0 saturated heterocycles. The van der Waals surface area contributed by atoms with E-state index in [-0.39, 0.29) is 23.8 Å². The molecule has 6 nitrogen and oxygen atoms in total. The van der Waals surface area contributed by atoms with Crippen LogP contribution in [-0.4, -0.2) is 15.9 Å². The fraction of sp³-hybridized carbons (Fsp3) is 0.0625. The molecule has 0 atom stereocenters. The summed E-state index contributed by atoms with van der Waals surface area (Å²) in [6.45, 7) is 0.267. The number of benzene rings is 1. The zero-order valence-electron chi connectivity index (χ0n) is 12.0. The van der Waals surface area contributed by atoms with E-state index < -0.39 is 5.82 Å². The van der Waals surface area contributed by atoms with E-state index in [4.69, 9.17) is 4.42 Å². The lowest BCUT2D eigenvalue weighted by Gasteiger charge is -2.07. The molecule has 0 aliphatic rings. The van der Waals surface area contributed by atoms with E-state index in [1.807, 2.05) is 0 Å². The molecule has 23 heavy (non-hydrogen) atoms. The number of nitrogens with one attached hydrogen (secondary N) is 2. The van der Waals surface area contributed by atoms with Gasteiger partial charge in [0.25, 0.3) is 5.91 Å². The molecular weight excluding hydrogens is 299 g/mol. The molecule has 1 amide bonds. The Hall–Kier alpha value is -3.22. The molecule has 3 rings (SSSR count). The minimum absolute atomic E-state index is 0.163. The fourth-order valence-corrected chi connectivity index (χ4v) is 1.88. The third-order valence-electron chi connectivity index (χ3n) is 3.02. The second-order valence-electron chi connectivity index (χ2n) is 4.65. The van der Waals surface area contributed by atoms with Gasteiger partial charge in [0.15, 0.2) is 0 Å². The Morgan fingerprint density at radius 3 is 2.70 bits per heavy atom. The van der Waals surface area contributed by atoms with Gasteiger partial charge in [-0.2, -0.15) is 0 Å². The van der Waals surface area contributed by atoms with Crippen LogP contribution in [0.25, 0.3) is 0 Å². The largest absolute Gasteiger partial charge is 0.467 e. The molecule has 7 heteroatoms. The smallest absolute Gasteiger partial charge is 0.271 e. The van der Waals surface area contributed by atoms with Crippen LogP contribution in [0.1, 0.15) is 16.2 Å². The van der Waals surface area contributed by atoms with Crippen molar-refractivity contribution in [3.8, 4) is 0 Å². The highest BCUT2D eigenvalue weighted by Gasteiger charge is 2.09. The summed E-state index contributed by atoms with van der Waals surface area (Å²) in [4.78, 5) is 20.0. The molecule has 0 spiro atoms. The highest BCUT2D eigenvalue weighted by atomic mass is 19.1. The van der Waals surface area contributed by atoms with Gasteiger partial charge in [-0.3, -0.25) is 4.79 Å². The number of carbonyl (C=O) groups is 1. The Balaban J connectivity index is 1.62. The topological polar surface area (TPSA) is 80.0 Å². The number of aromatic nitrogens is 2. The van der Waals surface area contributed by atoms with Gasteiger partial charge in [-0.15, -0.1) is 0 Å². The number of hydrogen-bond acceptors (Lipinski definition) is 5. The number of amides is 1. The normalized spacial score (nSPS) is 10.3. The van der Waals surface area contributed by atoms with Crippen molar-refractivity contribution in [3.63, 3.8) is 0 Å². The summed E-state index contributed by atoms with van der Waals surface area (Å²) in [6, 6.07) is 9.72. The van der Waals surface area contributed by atoms with Gasteiger partial charge in [0.1, 0.15) is 23.1 Å². The van der Waals surface area contributed by atoms with Crippen LogP contribution in [0, 0.1) is 5.82 Å². The first-order valence-electron chi connectivity index (χ1n) is 6.86. The standard InChI is InChI=1S/C16H13FN4O2/c17-12-5-1-2-6-13(12)21-15-10-18-14(9-19-15)16(22)20-8-11-4-3-7-23-11/h1-7,9-10H,8H2,(H,19,21)(H,20,22). The summed E-state index contributed by atoms with van der Waals surface area (Å²) in [5.74, 6) is 0.225. The van der Waals surface area contributed by atoms with E-state index >= 15 is 0 Å². The number of halogens is 1. The molecule has 0 bridgehead atoms. The van der Waals surface area contributed by atoms with Crippen molar-refractivity contribution in [1.29, 1.82) is 0 Å². The van der Waals surface area contributed by atoms with Gasteiger partial charge >= 0.3 is 0 Å². The van der Waals surface area contributed by atoms with E-state index in [0.29, 0.717) is 11.6 Å². The monoisotopic (exact) mass is 312 g/mol. The molecule has 0 radical (unpaired) electrons. The molecule has 3 aromatic rings. The molecule has 0 saturated carbocycles. The molecule has 0 unspecified atom stereocenters. The maximum absolute atomic E-state index is 13.5. The molecule has 1 aromatic carbocycles. The molecule has 2 heterocycles. The van der Waals surface area contributed by atoms with Crippen molar-refractivity contribution in [3.05, 3.63) is 72.3 Å². The van der Waals surface area contributed by atoms with Gasteiger partial charge < -0.3 is 15.1 Å². The van der Waals surface area contributed by atoms with Crippen molar-refractivity contribution in [2.45, 2.75) is 6.54 Å². The molecule has 2 N–H and O–H groups in total. The quantitative estimate of drug-likeness (QED) is 0.757. The second kappa shape index (κ2) is 6.69. The van der Waals surface area contributed by atoms with Crippen LogP contribution in [0.15, 0.2) is 59.5 Å². The number of furan rings is 1. The summed E-state index contributed by atoms with van der Waals surface area (Å²) < 4.78 is 18.7. The van der Waals surface area contributed by atoms with E-state index in [1.165, 1.54) is 24.7 Å². The highest BCUT2D eigenvalue weighted by Crippen LogP contribution is 2.17. The van der Waals surface area contributed by atoms with Crippen LogP contribution in [-0.2, 0) is 6.54 Å². The van der Waals surface area contributed by atoms with Crippen LogP contribution in [0.2, 0.25) is 0 Å². The SMILES string of the molecule is O=C(NCc1ccco1)c1cnc(Nc2ccccc2F)cn1. The number of para-hydroxylation sites is 1. The fourth-order valence-electron chi connectivity index (χ4n) is 1.88. The van der Waals surface area contributed by atoms with Crippen molar-refractivity contribution < 1.29 is 13.6 Å². The average molecular weight is 312 g/mol. The summed E-state index contributed by atoms with van der Waals surface area (Å²) >= 11 is 0. The third-order valence-corrected chi connectivity index (χ3v) is 3.02. The van der Waals surface area contributed by atoms with Crippen LogP contribution in [0.4, 0.5) is 15.9 Å². The maximum atomic E-state index is 13.5. The Morgan fingerprint density at radius 1 is 1.13 bits per heavy atom. The summed E-state index contributed by atoms with van der Waals surface area (Å²) in [5.41, 5.74) is 0.451. The van der Waals surface area contributed by atoms with E-state index in [2.05, 4.69) is 20.6 Å². The molecule has 116 valence electrons. The maximum Gasteiger partial charge on any atom is 0.271 e. The van der Waals surface area contributed by atoms with E-state index in [0.717, 1.165) is 0 Å². The van der Waals surface area contributed by atoms with Crippen LogP contribution >= 0.6 is 0 Å². The first kappa shape index (κ1) is 14.7. The number of nitrogens with zero attached hydrogens (tertiary/aromatic N) is 2. The Labute approximate surface area is 131 Å². The predicted molar refractivity (Wildman–Crippen MR) is 81.6 cm³/mol. The number of anilines is 2. The summed E-state index contributed by atoms with van der Waals surface area (Å²) in [6.07, 6.45) is 4.22. The predicted octanol–water partition coefficient (Wildman–Crippen LogP) is 2.88. The zero-order chi connectivity index (χ0) is 16.1. The number of carbonyl (C=O) groups excluding carboxylic acids is 1. The minimum atomic E-state index is -0.394. The van der Waals surface area contributed by atoms with Crippen molar-refractivity contribution in [1.82, 2.24) is 15.3 Å². The molecule has 0 fully saturated rings. The first-order chi connectivity index (χ1) is 11.2. The molecule has 0 aliphatic carbocycles. The summed E-state index contributed by atoms with van der Waals surface area (Å²) in [5, 5.41) is 5.46. The number of rotatable bonds is 5. The van der Waals surface area contributed by atoms with E-state index in [9.17, 15) is 9.18 Å². The summed E-state index contributed by atoms with van der Waals surface area (Å²) in [7, 11) is 0. The van der Waals surface area contributed by atoms with Crippen LogP contribution in [0.5, 0.6) is 0 Å². The van der Waals surface area contributed by atoms with Gasteiger partial charge in [-0.1, -0.05) is 12.1 Å². The average Bonchev–Trinajstić information content (AvgIpc) is 3.09. The minimum Gasteiger partial charge on any atom is -0.467 e. The van der Waals surface area contributed by atoms with Crippen LogP contribution < -0.4 is 10.6 Å². The molecule has 2 aromatic heterocycles. The van der Waals surface area contributed by atoms with Crippen molar-refractivity contribution in [2.24, 2.45) is 0 Å². The van der Waals surface area contributed by atoms with Gasteiger partial charge in [0.05, 0.1) is 30.9 Å². The Bertz CT molecular complexity index is 788. The molecule has 0 aliphatic heterocycles.